The van der Waals surface area contributed by atoms with E-state index < -0.39 is 0 Å². The third-order valence-corrected chi connectivity index (χ3v) is 2.68. The smallest absolute Gasteiger partial charge is 0.126 e. The molecule has 2 aromatic rings. The Kier molecular flexibility index (Phi) is 3.11. The first-order valence-electron chi connectivity index (χ1n) is 5.52. The van der Waals surface area contributed by atoms with Crippen LogP contribution in [0.1, 0.15) is 12.5 Å². The van der Waals surface area contributed by atoms with Crippen molar-refractivity contribution in [3.05, 3.63) is 42.0 Å². The molecule has 1 unspecified atom stereocenters. The van der Waals surface area contributed by atoms with E-state index in [9.17, 15) is 0 Å². The fourth-order valence-corrected chi connectivity index (χ4v) is 1.98. The number of nitrogens with two attached hydrogens (primary N) is 1. The van der Waals surface area contributed by atoms with Gasteiger partial charge in [0.15, 0.2) is 0 Å². The minimum Gasteiger partial charge on any atom is -0.496 e. The highest BCUT2D eigenvalue weighted by Crippen LogP contribution is 2.26. The van der Waals surface area contributed by atoms with Crippen molar-refractivity contribution < 1.29 is 4.74 Å². The molecule has 2 heteroatoms. The third kappa shape index (κ3) is 2.17. The Balaban J connectivity index is 2.47. The first-order valence-corrected chi connectivity index (χ1v) is 5.52. The van der Waals surface area contributed by atoms with Gasteiger partial charge in [0.2, 0.25) is 0 Å². The number of hydrogen-bond acceptors (Lipinski definition) is 2. The molecule has 0 aromatic heterocycles. The number of fused-ring (bicyclic) bond motifs is 1. The molecule has 0 aliphatic carbocycles. The second-order valence-corrected chi connectivity index (χ2v) is 4.20. The first kappa shape index (κ1) is 11.0. The summed E-state index contributed by atoms with van der Waals surface area (Å²) < 4.78 is 5.32. The molecule has 0 heterocycles. The van der Waals surface area contributed by atoms with Gasteiger partial charge in [-0.1, -0.05) is 30.3 Å². The summed E-state index contributed by atoms with van der Waals surface area (Å²) in [6.07, 6.45) is 0.910. The molecule has 16 heavy (non-hydrogen) atoms. The van der Waals surface area contributed by atoms with Crippen LogP contribution in [0.2, 0.25) is 0 Å². The number of hydrogen-bond donors (Lipinski definition) is 1. The average molecular weight is 215 g/mol. The van der Waals surface area contributed by atoms with E-state index in [-0.39, 0.29) is 6.04 Å². The van der Waals surface area contributed by atoms with Crippen LogP contribution < -0.4 is 10.5 Å². The lowest BCUT2D eigenvalue weighted by atomic mass is 10.0. The largest absolute Gasteiger partial charge is 0.496 e. The lowest BCUT2D eigenvalue weighted by Gasteiger charge is -2.09. The van der Waals surface area contributed by atoms with Crippen LogP contribution in [-0.2, 0) is 6.42 Å². The SMILES string of the molecule is COc1cccc2cc(CC(C)N)ccc12. The minimum absolute atomic E-state index is 0.197. The van der Waals surface area contributed by atoms with Gasteiger partial charge in [-0.25, -0.2) is 0 Å². The van der Waals surface area contributed by atoms with Crippen LogP contribution in [0.3, 0.4) is 0 Å². The molecule has 0 amide bonds. The van der Waals surface area contributed by atoms with Gasteiger partial charge in [0.05, 0.1) is 7.11 Å². The molecule has 0 saturated carbocycles. The van der Waals surface area contributed by atoms with Crippen LogP contribution in [0.15, 0.2) is 36.4 Å². The summed E-state index contributed by atoms with van der Waals surface area (Å²) in [6.45, 7) is 2.02. The Morgan fingerprint density at radius 3 is 2.75 bits per heavy atom. The lowest BCUT2D eigenvalue weighted by Crippen LogP contribution is -2.17. The van der Waals surface area contributed by atoms with Crippen molar-refractivity contribution in [2.24, 2.45) is 5.73 Å². The average Bonchev–Trinajstić information content (AvgIpc) is 2.27. The van der Waals surface area contributed by atoms with Gasteiger partial charge in [-0.05, 0) is 30.4 Å². The van der Waals surface area contributed by atoms with Gasteiger partial charge in [0.1, 0.15) is 5.75 Å². The van der Waals surface area contributed by atoms with Crippen LogP contribution in [0.25, 0.3) is 10.8 Å². The molecule has 0 aliphatic rings. The molecule has 2 nitrogen and oxygen atoms in total. The molecule has 84 valence electrons. The van der Waals surface area contributed by atoms with Crippen LogP contribution >= 0.6 is 0 Å². The minimum atomic E-state index is 0.197. The lowest BCUT2D eigenvalue weighted by molar-refractivity contribution is 0.420. The monoisotopic (exact) mass is 215 g/mol. The summed E-state index contributed by atoms with van der Waals surface area (Å²) in [5.41, 5.74) is 7.07. The molecule has 0 bridgehead atoms. The highest BCUT2D eigenvalue weighted by atomic mass is 16.5. The van der Waals surface area contributed by atoms with Gasteiger partial charge in [0.25, 0.3) is 0 Å². The fraction of sp³-hybridized carbons (Fsp3) is 0.286. The van der Waals surface area contributed by atoms with Gasteiger partial charge in [-0.2, -0.15) is 0 Å². The Labute approximate surface area is 96.0 Å². The zero-order valence-corrected chi connectivity index (χ0v) is 9.73. The number of ether oxygens (including phenoxy) is 1. The molecule has 1 atom stereocenters. The van der Waals surface area contributed by atoms with Gasteiger partial charge in [-0.15, -0.1) is 0 Å². The normalized spacial score (nSPS) is 12.7. The van der Waals surface area contributed by atoms with E-state index in [4.69, 9.17) is 10.5 Å². The predicted molar refractivity (Wildman–Crippen MR) is 67.9 cm³/mol. The highest BCUT2D eigenvalue weighted by molar-refractivity contribution is 5.88. The topological polar surface area (TPSA) is 35.2 Å². The van der Waals surface area contributed by atoms with Crippen LogP contribution in [0, 0.1) is 0 Å². The standard InChI is InChI=1S/C14H17NO/c1-10(15)8-11-6-7-13-12(9-11)4-3-5-14(13)16-2/h3-7,9-10H,8,15H2,1-2H3. The quantitative estimate of drug-likeness (QED) is 0.854. The molecule has 0 aliphatic heterocycles. The van der Waals surface area contributed by atoms with E-state index in [0.29, 0.717) is 0 Å². The van der Waals surface area contributed by atoms with Crippen molar-refractivity contribution >= 4 is 10.8 Å². The van der Waals surface area contributed by atoms with Crippen LogP contribution in [0.4, 0.5) is 0 Å². The fourth-order valence-electron chi connectivity index (χ4n) is 1.98. The van der Waals surface area contributed by atoms with Gasteiger partial charge in [-0.3, -0.25) is 0 Å². The summed E-state index contributed by atoms with van der Waals surface area (Å²) in [5.74, 6) is 0.921. The summed E-state index contributed by atoms with van der Waals surface area (Å²) in [4.78, 5) is 0. The zero-order chi connectivity index (χ0) is 11.5. The molecule has 2 aromatic carbocycles. The highest BCUT2D eigenvalue weighted by Gasteiger charge is 2.03. The van der Waals surface area contributed by atoms with Crippen molar-refractivity contribution in [2.75, 3.05) is 7.11 Å². The molecular weight excluding hydrogens is 198 g/mol. The van der Waals surface area contributed by atoms with E-state index in [1.807, 2.05) is 19.1 Å². The number of methoxy groups -OCH3 is 1. The molecule has 2 N–H and O–H groups in total. The van der Waals surface area contributed by atoms with E-state index in [1.54, 1.807) is 7.11 Å². The van der Waals surface area contributed by atoms with Crippen molar-refractivity contribution in [1.29, 1.82) is 0 Å². The summed E-state index contributed by atoms with van der Waals surface area (Å²) in [7, 11) is 1.70. The van der Waals surface area contributed by atoms with E-state index in [1.165, 1.54) is 10.9 Å². The molecule has 0 saturated heterocycles. The van der Waals surface area contributed by atoms with Crippen molar-refractivity contribution in [3.8, 4) is 5.75 Å². The second-order valence-electron chi connectivity index (χ2n) is 4.20. The maximum absolute atomic E-state index is 5.80. The zero-order valence-electron chi connectivity index (χ0n) is 9.73. The number of benzene rings is 2. The van der Waals surface area contributed by atoms with E-state index >= 15 is 0 Å². The molecule has 0 radical (unpaired) electrons. The van der Waals surface area contributed by atoms with Gasteiger partial charge < -0.3 is 10.5 Å². The van der Waals surface area contributed by atoms with E-state index in [2.05, 4.69) is 24.3 Å². The van der Waals surface area contributed by atoms with Gasteiger partial charge in [0, 0.05) is 11.4 Å². The maximum Gasteiger partial charge on any atom is 0.126 e. The van der Waals surface area contributed by atoms with Crippen molar-refractivity contribution in [3.63, 3.8) is 0 Å². The molecule has 2 rings (SSSR count). The molecule has 0 fully saturated rings. The molecular formula is C14H17NO. The summed E-state index contributed by atoms with van der Waals surface area (Å²) >= 11 is 0. The van der Waals surface area contributed by atoms with Crippen molar-refractivity contribution in [2.45, 2.75) is 19.4 Å². The maximum atomic E-state index is 5.80. The molecule has 0 spiro atoms. The Hall–Kier alpha value is -1.54. The van der Waals surface area contributed by atoms with Crippen LogP contribution in [-0.4, -0.2) is 13.2 Å². The van der Waals surface area contributed by atoms with E-state index in [0.717, 1.165) is 17.6 Å². The van der Waals surface area contributed by atoms with Gasteiger partial charge >= 0.3 is 0 Å². The second kappa shape index (κ2) is 4.54. The predicted octanol–water partition coefficient (Wildman–Crippen LogP) is 2.74. The Bertz CT molecular complexity index is 491. The summed E-state index contributed by atoms with van der Waals surface area (Å²) in [6, 6.07) is 12.7. The van der Waals surface area contributed by atoms with Crippen LogP contribution in [0.5, 0.6) is 5.75 Å². The summed E-state index contributed by atoms with van der Waals surface area (Å²) in [5, 5.41) is 2.36. The third-order valence-electron chi connectivity index (χ3n) is 2.68. The Morgan fingerprint density at radius 1 is 1.25 bits per heavy atom. The number of rotatable bonds is 3. The van der Waals surface area contributed by atoms with Crippen molar-refractivity contribution in [1.82, 2.24) is 0 Å². The Morgan fingerprint density at radius 2 is 2.06 bits per heavy atom. The first-order chi connectivity index (χ1) is 7.70.